The summed E-state index contributed by atoms with van der Waals surface area (Å²) in [6.07, 6.45) is -3.15. The molecule has 5 nitrogen and oxygen atoms in total. The van der Waals surface area contributed by atoms with Crippen LogP contribution in [-0.4, -0.2) is 30.4 Å². The normalized spacial score (nSPS) is 13.4. The number of aromatic nitrogens is 1. The maximum Gasteiger partial charge on any atom is 0.409 e. The molecule has 0 aliphatic carbocycles. The van der Waals surface area contributed by atoms with Gasteiger partial charge in [-0.2, -0.15) is 22.7 Å². The molecule has 0 bridgehead atoms. The molecule has 1 atom stereocenters. The van der Waals surface area contributed by atoms with Crippen molar-refractivity contribution >= 4 is 10.0 Å². The lowest BCUT2D eigenvalue weighted by molar-refractivity contribution is -0.174. The van der Waals surface area contributed by atoms with Gasteiger partial charge in [-0.15, -0.1) is 0 Å². The Balaban J connectivity index is 2.65. The van der Waals surface area contributed by atoms with Crippen LogP contribution in [0.2, 0.25) is 0 Å². The Morgan fingerprint density at radius 1 is 1.27 bits per heavy atom. The third kappa shape index (κ3) is 3.84. The molecule has 0 N–H and O–H groups in total. The Morgan fingerprint density at radius 2 is 1.92 bits per heavy atom. The Kier molecular flexibility index (Phi) is 5.63. The highest BCUT2D eigenvalue weighted by Gasteiger charge is 2.49. The first kappa shape index (κ1) is 19.8. The predicted molar refractivity (Wildman–Crippen MR) is 83.7 cm³/mol. The molecule has 0 aliphatic rings. The maximum absolute atomic E-state index is 14.0. The number of hydrogen-bond donors (Lipinski definition) is 0. The molecule has 0 saturated carbocycles. The zero-order valence-electron chi connectivity index (χ0n) is 13.4. The molecule has 0 fully saturated rings. The van der Waals surface area contributed by atoms with Crippen molar-refractivity contribution in [2.75, 3.05) is 6.54 Å². The van der Waals surface area contributed by atoms with Crippen molar-refractivity contribution in [1.82, 2.24) is 9.29 Å². The highest BCUT2D eigenvalue weighted by atomic mass is 32.2. The fourth-order valence-electron chi connectivity index (χ4n) is 2.44. The maximum atomic E-state index is 14.0. The summed E-state index contributed by atoms with van der Waals surface area (Å²) in [7, 11) is -4.70. The lowest BCUT2D eigenvalue weighted by Crippen LogP contribution is -2.42. The largest absolute Gasteiger partial charge is 0.409 e. The van der Waals surface area contributed by atoms with Gasteiger partial charge in [-0.1, -0.05) is 25.1 Å². The molecule has 10 heteroatoms. The van der Waals surface area contributed by atoms with E-state index in [1.54, 1.807) is 6.07 Å². The van der Waals surface area contributed by atoms with Crippen molar-refractivity contribution in [2.45, 2.75) is 24.0 Å². The lowest BCUT2D eigenvalue weighted by atomic mass is 10.1. The summed E-state index contributed by atoms with van der Waals surface area (Å²) in [5, 5.41) is 8.85. The van der Waals surface area contributed by atoms with E-state index in [0.29, 0.717) is 0 Å². The number of benzene rings is 1. The Labute approximate surface area is 147 Å². The van der Waals surface area contributed by atoms with Crippen LogP contribution in [0.5, 0.6) is 0 Å². The highest BCUT2D eigenvalue weighted by Crippen LogP contribution is 2.41. The molecule has 0 aliphatic heterocycles. The van der Waals surface area contributed by atoms with Crippen molar-refractivity contribution in [3.63, 3.8) is 0 Å². The number of nitriles is 1. The third-order valence-electron chi connectivity index (χ3n) is 3.56. The van der Waals surface area contributed by atoms with E-state index in [1.165, 1.54) is 19.1 Å². The fourth-order valence-corrected chi connectivity index (χ4v) is 4.03. The van der Waals surface area contributed by atoms with Crippen LogP contribution in [0.3, 0.4) is 0 Å². The zero-order valence-corrected chi connectivity index (χ0v) is 14.2. The van der Waals surface area contributed by atoms with Crippen LogP contribution in [-0.2, 0) is 10.0 Å². The molecule has 26 heavy (non-hydrogen) atoms. The molecule has 0 radical (unpaired) electrons. The molecular formula is C16H13F4N3O2S. The topological polar surface area (TPSA) is 74.1 Å². The Hall–Kier alpha value is -2.51. The first-order valence-electron chi connectivity index (χ1n) is 7.31. The minimum absolute atomic E-state index is 0.128. The van der Waals surface area contributed by atoms with E-state index < -0.39 is 45.1 Å². The van der Waals surface area contributed by atoms with Gasteiger partial charge in [-0.05, 0) is 12.1 Å². The summed E-state index contributed by atoms with van der Waals surface area (Å²) in [4.78, 5) is 2.99. The Morgan fingerprint density at radius 3 is 2.46 bits per heavy atom. The van der Waals surface area contributed by atoms with Gasteiger partial charge >= 0.3 is 6.18 Å². The van der Waals surface area contributed by atoms with Gasteiger partial charge in [0.1, 0.15) is 22.8 Å². The monoisotopic (exact) mass is 387 g/mol. The molecule has 1 aromatic heterocycles. The van der Waals surface area contributed by atoms with Crippen molar-refractivity contribution < 1.29 is 26.0 Å². The quantitative estimate of drug-likeness (QED) is 0.737. The van der Waals surface area contributed by atoms with E-state index in [4.69, 9.17) is 5.26 Å². The molecule has 0 spiro atoms. The second-order valence-electron chi connectivity index (χ2n) is 5.20. The number of pyridine rings is 1. The number of nitrogens with zero attached hydrogens (tertiary/aromatic N) is 3. The van der Waals surface area contributed by atoms with Gasteiger partial charge in [0.05, 0.1) is 5.56 Å². The molecule has 1 heterocycles. The number of rotatable bonds is 5. The van der Waals surface area contributed by atoms with Crippen LogP contribution in [0.25, 0.3) is 0 Å². The molecule has 2 aromatic rings. The molecule has 1 unspecified atom stereocenters. The van der Waals surface area contributed by atoms with Crippen LogP contribution >= 0.6 is 0 Å². The Bertz CT molecular complexity index is 939. The summed E-state index contributed by atoms with van der Waals surface area (Å²) < 4.78 is 80.7. The van der Waals surface area contributed by atoms with E-state index in [9.17, 15) is 26.0 Å². The fraction of sp³-hybridized carbons (Fsp3) is 0.250. The number of halogens is 4. The predicted octanol–water partition coefficient (Wildman–Crippen LogP) is 3.41. The lowest BCUT2D eigenvalue weighted by Gasteiger charge is -2.31. The number of alkyl halides is 3. The second-order valence-corrected chi connectivity index (χ2v) is 7.09. The first-order chi connectivity index (χ1) is 12.1. The third-order valence-corrected chi connectivity index (χ3v) is 5.46. The summed E-state index contributed by atoms with van der Waals surface area (Å²) >= 11 is 0. The number of sulfonamides is 1. The molecule has 1 aromatic carbocycles. The highest BCUT2D eigenvalue weighted by molar-refractivity contribution is 7.89. The van der Waals surface area contributed by atoms with Crippen molar-refractivity contribution in [3.8, 4) is 6.07 Å². The minimum atomic E-state index is -5.06. The van der Waals surface area contributed by atoms with E-state index in [0.717, 1.165) is 30.6 Å². The summed E-state index contributed by atoms with van der Waals surface area (Å²) in [6.45, 7) is 0.635. The molecule has 0 amide bonds. The van der Waals surface area contributed by atoms with Crippen LogP contribution < -0.4 is 0 Å². The average Bonchev–Trinajstić information content (AvgIpc) is 2.59. The van der Waals surface area contributed by atoms with Crippen molar-refractivity contribution in [1.29, 1.82) is 5.26 Å². The zero-order chi connectivity index (χ0) is 19.5. The summed E-state index contributed by atoms with van der Waals surface area (Å²) in [5.74, 6) is -1.17. The minimum Gasteiger partial charge on any atom is -0.262 e. The van der Waals surface area contributed by atoms with E-state index in [1.807, 2.05) is 0 Å². The van der Waals surface area contributed by atoms with Crippen LogP contribution in [0, 0.1) is 17.1 Å². The van der Waals surface area contributed by atoms with E-state index in [-0.39, 0.29) is 9.87 Å². The van der Waals surface area contributed by atoms with Gasteiger partial charge in [0.25, 0.3) is 0 Å². The van der Waals surface area contributed by atoms with Crippen LogP contribution in [0.4, 0.5) is 17.6 Å². The first-order valence-corrected chi connectivity index (χ1v) is 8.75. The molecule has 0 saturated heterocycles. The van der Waals surface area contributed by atoms with Gasteiger partial charge < -0.3 is 0 Å². The summed E-state index contributed by atoms with van der Waals surface area (Å²) in [6, 6.07) is 3.97. The van der Waals surface area contributed by atoms with E-state index in [2.05, 4.69) is 4.98 Å². The van der Waals surface area contributed by atoms with Gasteiger partial charge in [-0.25, -0.2) is 12.8 Å². The van der Waals surface area contributed by atoms with Gasteiger partial charge in [-0.3, -0.25) is 4.98 Å². The molecule has 138 valence electrons. The van der Waals surface area contributed by atoms with Crippen LogP contribution in [0.1, 0.15) is 24.1 Å². The van der Waals surface area contributed by atoms with Crippen molar-refractivity contribution in [2.24, 2.45) is 0 Å². The number of hydrogen-bond acceptors (Lipinski definition) is 4. The molecular weight excluding hydrogens is 374 g/mol. The van der Waals surface area contributed by atoms with Crippen LogP contribution in [0.15, 0.2) is 47.6 Å². The second kappa shape index (κ2) is 7.39. The SMILES string of the molecule is CCN(C(c1ccccc1F)C(F)(F)F)S(=O)(=O)c1cncc(C#N)c1. The molecule has 2 rings (SSSR count). The smallest absolute Gasteiger partial charge is 0.262 e. The van der Waals surface area contributed by atoms with Gasteiger partial charge in [0, 0.05) is 24.5 Å². The summed E-state index contributed by atoms with van der Waals surface area (Å²) in [5.41, 5.74) is -0.939. The average molecular weight is 387 g/mol. The van der Waals surface area contributed by atoms with E-state index >= 15 is 0 Å². The van der Waals surface area contributed by atoms with Gasteiger partial charge in [0.2, 0.25) is 10.0 Å². The standard InChI is InChI=1S/C16H13F4N3O2S/c1-2-23(26(24,25)12-7-11(8-21)9-22-10-12)15(16(18,19)20)13-5-3-4-6-14(13)17/h3-7,9-10,15H,2H2,1H3. The van der Waals surface area contributed by atoms with Gasteiger partial charge in [0.15, 0.2) is 0 Å². The van der Waals surface area contributed by atoms with Crippen molar-refractivity contribution in [3.05, 3.63) is 59.7 Å².